The number of amides is 1. The van der Waals surface area contributed by atoms with Gasteiger partial charge in [0.25, 0.3) is 5.91 Å². The molecule has 4 nitrogen and oxygen atoms in total. The summed E-state index contributed by atoms with van der Waals surface area (Å²) in [6, 6.07) is 10.8. The van der Waals surface area contributed by atoms with Crippen molar-refractivity contribution in [3.63, 3.8) is 0 Å². The molecule has 2 N–H and O–H groups in total. The molecular formula is C19H16FN3O. The van der Waals surface area contributed by atoms with Crippen LogP contribution in [0.3, 0.4) is 0 Å². The number of H-pyrrole nitrogens is 1. The fourth-order valence-corrected chi connectivity index (χ4v) is 3.32. The number of aliphatic imine (C=N–C) groups is 1. The van der Waals surface area contributed by atoms with E-state index in [9.17, 15) is 9.18 Å². The number of halogens is 1. The summed E-state index contributed by atoms with van der Waals surface area (Å²) in [5.74, 6) is -0.637. The predicted octanol–water partition coefficient (Wildman–Crippen LogP) is 3.31. The lowest BCUT2D eigenvalue weighted by Gasteiger charge is -2.04. The Hall–Kier alpha value is -2.95. The molecule has 1 aliphatic rings. The van der Waals surface area contributed by atoms with Gasteiger partial charge in [0.05, 0.1) is 5.56 Å². The normalized spacial score (nSPS) is 14.2. The molecule has 0 spiro atoms. The van der Waals surface area contributed by atoms with Crippen molar-refractivity contribution < 1.29 is 9.18 Å². The third-order valence-electron chi connectivity index (χ3n) is 4.35. The van der Waals surface area contributed by atoms with Gasteiger partial charge in [-0.25, -0.2) is 4.39 Å². The zero-order valence-electron chi connectivity index (χ0n) is 13.2. The van der Waals surface area contributed by atoms with Gasteiger partial charge in [0.15, 0.2) is 0 Å². The van der Waals surface area contributed by atoms with Crippen LogP contribution in [0.25, 0.3) is 22.2 Å². The number of carbonyl (C=O) groups excluding carboxylic acids is 1. The maximum Gasteiger partial charge on any atom is 0.252 e. The molecule has 0 unspecified atom stereocenters. The highest BCUT2D eigenvalue weighted by atomic mass is 19.1. The molecule has 3 aromatic rings. The Bertz CT molecular complexity index is 970. The number of benzene rings is 2. The maximum atomic E-state index is 13.9. The van der Waals surface area contributed by atoms with Gasteiger partial charge in [0.2, 0.25) is 0 Å². The van der Waals surface area contributed by atoms with E-state index in [1.807, 2.05) is 24.3 Å². The fraction of sp³-hybridized carbons (Fsp3) is 0.158. The summed E-state index contributed by atoms with van der Waals surface area (Å²) < 4.78 is 13.9. The van der Waals surface area contributed by atoms with Gasteiger partial charge in [-0.2, -0.15) is 0 Å². The second-order valence-corrected chi connectivity index (χ2v) is 5.87. The Kier molecular flexibility index (Phi) is 3.41. The van der Waals surface area contributed by atoms with Crippen LogP contribution in [0.2, 0.25) is 0 Å². The van der Waals surface area contributed by atoms with Crippen LogP contribution in [-0.4, -0.2) is 30.7 Å². The van der Waals surface area contributed by atoms with E-state index in [1.165, 1.54) is 12.1 Å². The van der Waals surface area contributed by atoms with Gasteiger partial charge in [-0.3, -0.25) is 9.79 Å². The lowest BCUT2D eigenvalue weighted by molar-refractivity contribution is 0.0957. The zero-order chi connectivity index (χ0) is 16.7. The van der Waals surface area contributed by atoms with Gasteiger partial charge < -0.3 is 10.3 Å². The van der Waals surface area contributed by atoms with Crippen LogP contribution in [0, 0.1) is 5.82 Å². The molecule has 1 aliphatic heterocycles. The number of rotatable bonds is 2. The quantitative estimate of drug-likeness (QED) is 0.699. The van der Waals surface area contributed by atoms with E-state index in [0.717, 1.165) is 27.8 Å². The van der Waals surface area contributed by atoms with Gasteiger partial charge >= 0.3 is 0 Å². The summed E-state index contributed by atoms with van der Waals surface area (Å²) in [4.78, 5) is 19.5. The van der Waals surface area contributed by atoms with Crippen molar-refractivity contribution in [3.05, 3.63) is 58.9 Å². The van der Waals surface area contributed by atoms with Crippen molar-refractivity contribution in [1.29, 1.82) is 0 Å². The van der Waals surface area contributed by atoms with Crippen LogP contribution >= 0.6 is 0 Å². The summed E-state index contributed by atoms with van der Waals surface area (Å²) in [6.07, 6.45) is 2.50. The Morgan fingerprint density at radius 1 is 1.21 bits per heavy atom. The summed E-state index contributed by atoms with van der Waals surface area (Å²) in [5.41, 5.74) is 5.08. The van der Waals surface area contributed by atoms with E-state index in [2.05, 4.69) is 15.3 Å². The molecule has 2 heterocycles. The number of nitrogens with one attached hydrogen (secondary N) is 2. The molecule has 2 aromatic carbocycles. The summed E-state index contributed by atoms with van der Waals surface area (Å²) in [6.45, 7) is 0.537. The average molecular weight is 321 g/mol. The summed E-state index contributed by atoms with van der Waals surface area (Å²) in [5, 5.41) is 3.65. The van der Waals surface area contributed by atoms with E-state index < -0.39 is 5.82 Å². The highest BCUT2D eigenvalue weighted by Crippen LogP contribution is 2.34. The number of hydrogen-bond acceptors (Lipinski definition) is 2. The Balaban J connectivity index is 1.94. The van der Waals surface area contributed by atoms with Crippen molar-refractivity contribution >= 4 is 23.0 Å². The van der Waals surface area contributed by atoms with Crippen LogP contribution in [0.4, 0.5) is 4.39 Å². The van der Waals surface area contributed by atoms with Crippen LogP contribution < -0.4 is 5.32 Å². The van der Waals surface area contributed by atoms with Gasteiger partial charge in [0.1, 0.15) is 5.82 Å². The summed E-state index contributed by atoms with van der Waals surface area (Å²) in [7, 11) is 1.74. The van der Waals surface area contributed by atoms with E-state index in [-0.39, 0.29) is 5.91 Å². The van der Waals surface area contributed by atoms with E-state index >= 15 is 0 Å². The first-order chi connectivity index (χ1) is 11.7. The van der Waals surface area contributed by atoms with Crippen LogP contribution in [0.15, 0.2) is 41.4 Å². The van der Waals surface area contributed by atoms with Crippen molar-refractivity contribution in [2.24, 2.45) is 4.99 Å². The molecule has 1 amide bonds. The van der Waals surface area contributed by atoms with Crippen LogP contribution in [0.5, 0.6) is 0 Å². The molecule has 4 rings (SSSR count). The Morgan fingerprint density at radius 3 is 2.75 bits per heavy atom. The van der Waals surface area contributed by atoms with Crippen LogP contribution in [0.1, 0.15) is 21.5 Å². The standard InChI is InChI=1S/C19H16FN3O/c1-21-10-11-2-4-12(5-3-11)18-14-6-7-22-19(24)15-8-13(20)9-16(23-18)17(14)15/h2-5,8-10,23H,6-7H2,1H3,(H,22,24)/b21-10+. The first-order valence-electron chi connectivity index (χ1n) is 7.82. The van der Waals surface area contributed by atoms with Gasteiger partial charge in [-0.1, -0.05) is 24.3 Å². The molecule has 0 atom stereocenters. The van der Waals surface area contributed by atoms with Crippen molar-refractivity contribution in [2.45, 2.75) is 6.42 Å². The number of carbonyl (C=O) groups is 1. The van der Waals surface area contributed by atoms with Gasteiger partial charge in [-0.15, -0.1) is 0 Å². The third-order valence-corrected chi connectivity index (χ3v) is 4.35. The molecule has 0 radical (unpaired) electrons. The van der Waals surface area contributed by atoms with Crippen LogP contribution in [-0.2, 0) is 6.42 Å². The largest absolute Gasteiger partial charge is 0.354 e. The van der Waals surface area contributed by atoms with Gasteiger partial charge in [0, 0.05) is 36.4 Å². The molecule has 0 saturated carbocycles. The number of hydrogen-bond donors (Lipinski definition) is 2. The fourth-order valence-electron chi connectivity index (χ4n) is 3.32. The second-order valence-electron chi connectivity index (χ2n) is 5.87. The van der Waals surface area contributed by atoms with E-state index in [1.54, 1.807) is 13.3 Å². The zero-order valence-corrected chi connectivity index (χ0v) is 13.2. The number of aromatic amines is 1. The number of nitrogens with zero attached hydrogens (tertiary/aromatic N) is 1. The Labute approximate surface area is 138 Å². The second kappa shape index (κ2) is 5.60. The van der Waals surface area contributed by atoms with Crippen molar-refractivity contribution in [3.8, 4) is 11.3 Å². The van der Waals surface area contributed by atoms with Crippen molar-refractivity contribution in [1.82, 2.24) is 10.3 Å². The lowest BCUT2D eigenvalue weighted by Crippen LogP contribution is -2.23. The highest BCUT2D eigenvalue weighted by molar-refractivity contribution is 6.10. The summed E-state index contributed by atoms with van der Waals surface area (Å²) >= 11 is 0. The average Bonchev–Trinajstić information content (AvgIpc) is 2.84. The SMILES string of the molecule is C/N=C/c1ccc(-c2[nH]c3cc(F)cc4c3c2CCNC4=O)cc1. The minimum atomic E-state index is -0.414. The molecule has 24 heavy (non-hydrogen) atoms. The third kappa shape index (κ3) is 2.29. The first kappa shape index (κ1) is 14.6. The minimum Gasteiger partial charge on any atom is -0.354 e. The van der Waals surface area contributed by atoms with E-state index in [4.69, 9.17) is 0 Å². The molecule has 0 saturated heterocycles. The molecular weight excluding hydrogens is 305 g/mol. The maximum absolute atomic E-state index is 13.9. The van der Waals surface area contributed by atoms with E-state index in [0.29, 0.717) is 24.0 Å². The molecule has 1 aromatic heterocycles. The monoisotopic (exact) mass is 321 g/mol. The molecule has 120 valence electrons. The first-order valence-corrected chi connectivity index (χ1v) is 7.82. The predicted molar refractivity (Wildman–Crippen MR) is 93.2 cm³/mol. The topological polar surface area (TPSA) is 57.2 Å². The smallest absolute Gasteiger partial charge is 0.252 e. The number of aromatic nitrogens is 1. The molecule has 0 aliphatic carbocycles. The minimum absolute atomic E-state index is 0.224. The van der Waals surface area contributed by atoms with Crippen molar-refractivity contribution in [2.75, 3.05) is 13.6 Å². The highest BCUT2D eigenvalue weighted by Gasteiger charge is 2.23. The molecule has 0 fully saturated rings. The Morgan fingerprint density at radius 2 is 2.00 bits per heavy atom. The molecule has 0 bridgehead atoms. The molecule has 5 heteroatoms. The van der Waals surface area contributed by atoms with Gasteiger partial charge in [-0.05, 0) is 35.2 Å². The lowest BCUT2D eigenvalue weighted by atomic mass is 10.00.